The van der Waals surface area contributed by atoms with Crippen LogP contribution in [0, 0.1) is 5.92 Å². The predicted octanol–water partition coefficient (Wildman–Crippen LogP) is 4.52. The molecule has 7 nitrogen and oxygen atoms in total. The number of rotatable bonds is 12. The number of para-hydroxylation sites is 1. The van der Waals surface area contributed by atoms with Gasteiger partial charge in [0.15, 0.2) is 0 Å². The number of carbonyl (C=O) groups excluding carboxylic acids is 1. The minimum Gasteiger partial charge on any atom is -0.478 e. The summed E-state index contributed by atoms with van der Waals surface area (Å²) in [5.41, 5.74) is 2.00. The van der Waals surface area contributed by atoms with Crippen molar-refractivity contribution in [3.63, 3.8) is 0 Å². The van der Waals surface area contributed by atoms with Crippen LogP contribution in [-0.4, -0.2) is 40.0 Å². The second kappa shape index (κ2) is 12.7. The van der Waals surface area contributed by atoms with Crippen molar-refractivity contribution in [1.29, 1.82) is 0 Å². The number of thiol groups is 1. The highest BCUT2D eigenvalue weighted by Gasteiger charge is 2.35. The fraction of sp³-hybridized carbons (Fsp3) is 0.222. The maximum Gasteiger partial charge on any atom is 0.354 e. The molecule has 2 N–H and O–H groups in total. The van der Waals surface area contributed by atoms with E-state index in [1.807, 2.05) is 30.3 Å². The first kappa shape index (κ1) is 26.0. The van der Waals surface area contributed by atoms with Gasteiger partial charge in [-0.2, -0.15) is 12.6 Å². The lowest BCUT2D eigenvalue weighted by Gasteiger charge is -2.32. The molecular formula is C27H27NO6S. The Kier molecular flexibility index (Phi) is 9.46. The summed E-state index contributed by atoms with van der Waals surface area (Å²) in [5.74, 6) is -3.15. The molecule has 3 aromatic carbocycles. The van der Waals surface area contributed by atoms with Crippen LogP contribution in [0.4, 0.5) is 5.69 Å². The Labute approximate surface area is 209 Å². The summed E-state index contributed by atoms with van der Waals surface area (Å²) in [4.78, 5) is 38.3. The monoisotopic (exact) mass is 493 g/mol. The van der Waals surface area contributed by atoms with Crippen LogP contribution in [0.5, 0.6) is 0 Å². The first-order valence-corrected chi connectivity index (χ1v) is 11.7. The lowest BCUT2D eigenvalue weighted by atomic mass is 9.99. The molecule has 8 heteroatoms. The summed E-state index contributed by atoms with van der Waals surface area (Å²) in [7, 11) is 0. The lowest BCUT2D eigenvalue weighted by molar-refractivity contribution is -0.153. The Balaban J connectivity index is 1.85. The second-order valence-electron chi connectivity index (χ2n) is 7.95. The number of carbonyl (C=O) groups is 3. The molecule has 3 rings (SSSR count). The number of benzene rings is 3. The van der Waals surface area contributed by atoms with Gasteiger partial charge in [-0.05, 0) is 48.2 Å². The minimum atomic E-state index is -1.61. The zero-order valence-corrected chi connectivity index (χ0v) is 19.9. The van der Waals surface area contributed by atoms with E-state index >= 15 is 0 Å². The van der Waals surface area contributed by atoms with E-state index in [2.05, 4.69) is 12.6 Å². The molecule has 0 heterocycles. The van der Waals surface area contributed by atoms with Crippen molar-refractivity contribution >= 4 is 36.2 Å². The smallest absolute Gasteiger partial charge is 0.354 e. The van der Waals surface area contributed by atoms with Crippen LogP contribution < -0.4 is 4.90 Å². The van der Waals surface area contributed by atoms with Gasteiger partial charge in [0.25, 0.3) is 0 Å². The Morgan fingerprint density at radius 1 is 0.857 bits per heavy atom. The van der Waals surface area contributed by atoms with E-state index in [0.717, 1.165) is 10.5 Å². The van der Waals surface area contributed by atoms with E-state index in [0.29, 0.717) is 24.1 Å². The number of hydrogen-bond acceptors (Lipinski definition) is 5. The Bertz CT molecular complexity index is 1140. The fourth-order valence-corrected chi connectivity index (χ4v) is 4.01. The molecule has 0 aliphatic carbocycles. The third-order valence-electron chi connectivity index (χ3n) is 5.49. The molecule has 0 fully saturated rings. The van der Waals surface area contributed by atoms with Gasteiger partial charge in [0.1, 0.15) is 0 Å². The third-order valence-corrected chi connectivity index (χ3v) is 5.93. The van der Waals surface area contributed by atoms with Gasteiger partial charge >= 0.3 is 11.9 Å². The van der Waals surface area contributed by atoms with E-state index in [1.54, 1.807) is 42.5 Å². The molecule has 182 valence electrons. The number of aromatic carboxylic acids is 1. The number of aliphatic carboxylic acids is 1. The number of carboxylic acid groups (broad SMARTS) is 2. The molecule has 0 spiro atoms. The molecule has 0 aliphatic rings. The maximum absolute atomic E-state index is 13.7. The number of ether oxygens (including phenoxy) is 1. The maximum atomic E-state index is 13.7. The molecule has 0 saturated heterocycles. The Morgan fingerprint density at radius 2 is 1.49 bits per heavy atom. The van der Waals surface area contributed by atoms with Gasteiger partial charge in [-0.25, -0.2) is 9.59 Å². The van der Waals surface area contributed by atoms with Crippen molar-refractivity contribution in [2.24, 2.45) is 5.92 Å². The first-order valence-electron chi connectivity index (χ1n) is 11.1. The number of nitrogens with zero attached hydrogens (tertiary/aromatic N) is 1. The standard InChI is InChI=1S/C27H27NO6S/c29-24(22(18-35)15-14-19-8-3-1-4-9-19)28(23-12-5-2-6-13-23)25(27(32)33)34-17-20-10-7-11-21(16-20)26(30)31/h1-13,16,22,25,35H,14-15,17-18H2,(H,30,31)(H,32,33)/t22?,25-/m0/s1. The van der Waals surface area contributed by atoms with Crippen LogP contribution in [0.2, 0.25) is 0 Å². The molecule has 2 atom stereocenters. The summed E-state index contributed by atoms with van der Waals surface area (Å²) < 4.78 is 5.71. The molecule has 3 aromatic rings. The van der Waals surface area contributed by atoms with Gasteiger partial charge in [-0.1, -0.05) is 60.7 Å². The fourth-order valence-electron chi connectivity index (χ4n) is 3.67. The van der Waals surface area contributed by atoms with Crippen LogP contribution in [0.25, 0.3) is 0 Å². The Hall–Kier alpha value is -3.62. The largest absolute Gasteiger partial charge is 0.478 e. The molecule has 0 aliphatic heterocycles. The quantitative estimate of drug-likeness (QED) is 0.253. The van der Waals surface area contributed by atoms with Gasteiger partial charge < -0.3 is 14.9 Å². The minimum absolute atomic E-state index is 0.0602. The summed E-state index contributed by atoms with van der Waals surface area (Å²) in [6.07, 6.45) is -0.485. The van der Waals surface area contributed by atoms with Gasteiger partial charge in [-0.15, -0.1) is 0 Å². The highest BCUT2D eigenvalue weighted by Crippen LogP contribution is 2.24. The second-order valence-corrected chi connectivity index (χ2v) is 8.32. The molecule has 1 amide bonds. The molecule has 0 bridgehead atoms. The number of carboxylic acids is 2. The van der Waals surface area contributed by atoms with Crippen molar-refractivity contribution in [1.82, 2.24) is 0 Å². The van der Waals surface area contributed by atoms with Gasteiger partial charge in [0, 0.05) is 17.4 Å². The van der Waals surface area contributed by atoms with E-state index < -0.39 is 30.0 Å². The summed E-state index contributed by atoms with van der Waals surface area (Å²) in [5, 5.41) is 19.2. The van der Waals surface area contributed by atoms with E-state index in [-0.39, 0.29) is 17.9 Å². The zero-order chi connectivity index (χ0) is 25.2. The third kappa shape index (κ3) is 7.18. The topological polar surface area (TPSA) is 104 Å². The van der Waals surface area contributed by atoms with Gasteiger partial charge in [0.05, 0.1) is 12.2 Å². The van der Waals surface area contributed by atoms with Gasteiger partial charge in [0.2, 0.25) is 12.1 Å². The molecule has 0 aromatic heterocycles. The van der Waals surface area contributed by atoms with Crippen LogP contribution in [0.1, 0.15) is 27.9 Å². The molecule has 35 heavy (non-hydrogen) atoms. The van der Waals surface area contributed by atoms with Crippen molar-refractivity contribution in [3.05, 3.63) is 102 Å². The number of anilines is 1. The van der Waals surface area contributed by atoms with E-state index in [1.165, 1.54) is 12.1 Å². The summed E-state index contributed by atoms with van der Waals surface area (Å²) in [6, 6.07) is 24.2. The van der Waals surface area contributed by atoms with Crippen molar-refractivity contribution < 1.29 is 29.3 Å². The predicted molar refractivity (Wildman–Crippen MR) is 136 cm³/mol. The lowest BCUT2D eigenvalue weighted by Crippen LogP contribution is -2.49. The molecule has 1 unspecified atom stereocenters. The number of amides is 1. The highest BCUT2D eigenvalue weighted by molar-refractivity contribution is 7.80. The zero-order valence-electron chi connectivity index (χ0n) is 19.0. The van der Waals surface area contributed by atoms with E-state index in [4.69, 9.17) is 4.74 Å². The van der Waals surface area contributed by atoms with Crippen molar-refractivity contribution in [2.75, 3.05) is 10.7 Å². The number of hydrogen-bond donors (Lipinski definition) is 3. The van der Waals surface area contributed by atoms with E-state index in [9.17, 15) is 24.6 Å². The normalized spacial score (nSPS) is 12.5. The SMILES string of the molecule is O=C(O)c1cccc(CO[C@@H](C(=O)O)N(C(=O)C(CS)CCc2ccccc2)c2ccccc2)c1. The Morgan fingerprint density at radius 3 is 2.09 bits per heavy atom. The van der Waals surface area contributed by atoms with Crippen LogP contribution in [-0.2, 0) is 27.4 Å². The van der Waals surface area contributed by atoms with Crippen LogP contribution >= 0.6 is 12.6 Å². The van der Waals surface area contributed by atoms with Crippen molar-refractivity contribution in [2.45, 2.75) is 25.7 Å². The first-order chi connectivity index (χ1) is 16.9. The summed E-state index contributed by atoms with van der Waals surface area (Å²) >= 11 is 4.38. The molecule has 0 radical (unpaired) electrons. The molecular weight excluding hydrogens is 466 g/mol. The number of aryl methyl sites for hydroxylation is 1. The van der Waals surface area contributed by atoms with Gasteiger partial charge in [-0.3, -0.25) is 9.69 Å². The average molecular weight is 494 g/mol. The van der Waals surface area contributed by atoms with Crippen molar-refractivity contribution in [3.8, 4) is 0 Å². The van der Waals surface area contributed by atoms with Crippen LogP contribution in [0.3, 0.4) is 0 Å². The molecule has 0 saturated carbocycles. The highest BCUT2D eigenvalue weighted by atomic mass is 32.1. The average Bonchev–Trinajstić information content (AvgIpc) is 2.87. The van der Waals surface area contributed by atoms with Crippen LogP contribution in [0.15, 0.2) is 84.9 Å². The summed E-state index contributed by atoms with van der Waals surface area (Å²) in [6.45, 7) is -0.190.